The second-order valence-corrected chi connectivity index (χ2v) is 5.01. The van der Waals surface area contributed by atoms with E-state index < -0.39 is 0 Å². The van der Waals surface area contributed by atoms with E-state index >= 15 is 0 Å². The van der Waals surface area contributed by atoms with Crippen LogP contribution in [-0.2, 0) is 5.75 Å². The normalized spacial score (nSPS) is 11.5. The zero-order valence-corrected chi connectivity index (χ0v) is 11.2. The Hall–Kier alpha value is -0.480. The zero-order valence-electron chi connectivity index (χ0n) is 8.74. The van der Waals surface area contributed by atoms with Crippen molar-refractivity contribution in [3.05, 3.63) is 28.5 Å². The third kappa shape index (κ3) is 1.93. The van der Waals surface area contributed by atoms with Crippen LogP contribution in [0.25, 0.3) is 11.0 Å². The summed E-state index contributed by atoms with van der Waals surface area (Å²) in [6.07, 6.45) is 0. The number of benzene rings is 1. The van der Waals surface area contributed by atoms with Crippen LogP contribution in [0.2, 0.25) is 0 Å². The van der Waals surface area contributed by atoms with Crippen molar-refractivity contribution >= 4 is 39.6 Å². The fourth-order valence-electron chi connectivity index (χ4n) is 1.81. The van der Waals surface area contributed by atoms with Crippen molar-refractivity contribution in [3.8, 4) is 0 Å². The third-order valence-electron chi connectivity index (χ3n) is 2.38. The fourth-order valence-corrected chi connectivity index (χ4v) is 2.38. The van der Waals surface area contributed by atoms with Crippen molar-refractivity contribution < 1.29 is 0 Å². The van der Waals surface area contributed by atoms with Gasteiger partial charge in [0.1, 0.15) is 5.82 Å². The molecule has 0 amide bonds. The average Bonchev–Trinajstić information content (AvgIpc) is 2.54. The van der Waals surface area contributed by atoms with E-state index in [2.05, 4.69) is 58.0 Å². The minimum atomic E-state index is 0.415. The van der Waals surface area contributed by atoms with Gasteiger partial charge in [-0.2, -0.15) is 12.6 Å². The van der Waals surface area contributed by atoms with E-state index in [4.69, 9.17) is 0 Å². The topological polar surface area (TPSA) is 17.8 Å². The summed E-state index contributed by atoms with van der Waals surface area (Å²) >= 11 is 7.77. The van der Waals surface area contributed by atoms with Crippen molar-refractivity contribution in [1.29, 1.82) is 0 Å². The van der Waals surface area contributed by atoms with E-state index in [0.717, 1.165) is 15.8 Å². The first kappa shape index (κ1) is 11.0. The summed E-state index contributed by atoms with van der Waals surface area (Å²) in [6.45, 7) is 4.33. The molecule has 4 heteroatoms. The first-order valence-corrected chi connectivity index (χ1v) is 6.33. The molecule has 2 nitrogen and oxygen atoms in total. The summed E-state index contributed by atoms with van der Waals surface area (Å²) in [5.41, 5.74) is 2.21. The summed E-state index contributed by atoms with van der Waals surface area (Å²) in [5, 5.41) is 0. The minimum Gasteiger partial charge on any atom is -0.325 e. The van der Waals surface area contributed by atoms with Gasteiger partial charge in [0.2, 0.25) is 0 Å². The molecule has 1 aromatic carbocycles. The lowest BCUT2D eigenvalue weighted by Crippen LogP contribution is -2.04. The van der Waals surface area contributed by atoms with Crippen LogP contribution in [0.4, 0.5) is 0 Å². The van der Waals surface area contributed by atoms with Crippen LogP contribution in [0.1, 0.15) is 25.7 Å². The number of halogens is 1. The van der Waals surface area contributed by atoms with E-state index in [1.54, 1.807) is 0 Å². The quantitative estimate of drug-likeness (QED) is 0.831. The monoisotopic (exact) mass is 284 g/mol. The van der Waals surface area contributed by atoms with Crippen LogP contribution in [0.15, 0.2) is 22.7 Å². The zero-order chi connectivity index (χ0) is 11.0. The van der Waals surface area contributed by atoms with Gasteiger partial charge in [0.25, 0.3) is 0 Å². The second-order valence-electron chi connectivity index (χ2n) is 3.78. The Bertz CT molecular complexity index is 491. The molecule has 0 unspecified atom stereocenters. The summed E-state index contributed by atoms with van der Waals surface area (Å²) in [5.74, 6) is 1.70. The summed E-state index contributed by atoms with van der Waals surface area (Å²) in [7, 11) is 0. The largest absolute Gasteiger partial charge is 0.325 e. The molecule has 0 saturated heterocycles. The molecule has 0 spiro atoms. The van der Waals surface area contributed by atoms with Crippen LogP contribution in [0.3, 0.4) is 0 Å². The first-order valence-electron chi connectivity index (χ1n) is 4.90. The Morgan fingerprint density at radius 2 is 2.20 bits per heavy atom. The molecule has 0 N–H and O–H groups in total. The van der Waals surface area contributed by atoms with E-state index in [1.807, 2.05) is 12.1 Å². The molecule has 80 valence electrons. The van der Waals surface area contributed by atoms with Crippen molar-refractivity contribution in [2.45, 2.75) is 25.6 Å². The number of nitrogens with zero attached hydrogens (tertiary/aromatic N) is 2. The molecule has 0 aliphatic rings. The molecular weight excluding hydrogens is 272 g/mol. The number of fused-ring (bicyclic) bond motifs is 1. The number of imidazole rings is 1. The van der Waals surface area contributed by atoms with Gasteiger partial charge in [0.15, 0.2) is 0 Å². The van der Waals surface area contributed by atoms with Crippen LogP contribution in [0, 0.1) is 0 Å². The lowest BCUT2D eigenvalue weighted by Gasteiger charge is -2.11. The highest BCUT2D eigenvalue weighted by Gasteiger charge is 2.11. The van der Waals surface area contributed by atoms with Crippen LogP contribution >= 0.6 is 28.6 Å². The van der Waals surface area contributed by atoms with Gasteiger partial charge < -0.3 is 4.57 Å². The molecule has 0 bridgehead atoms. The van der Waals surface area contributed by atoms with E-state index in [0.29, 0.717) is 11.8 Å². The minimum absolute atomic E-state index is 0.415. The van der Waals surface area contributed by atoms with Crippen molar-refractivity contribution in [2.24, 2.45) is 0 Å². The predicted octanol–water partition coefficient (Wildman–Crippen LogP) is 3.81. The van der Waals surface area contributed by atoms with E-state index in [1.165, 1.54) is 5.52 Å². The Labute approximate surface area is 103 Å². The first-order chi connectivity index (χ1) is 7.13. The second kappa shape index (κ2) is 4.18. The number of rotatable bonds is 2. The molecule has 15 heavy (non-hydrogen) atoms. The van der Waals surface area contributed by atoms with Crippen LogP contribution in [-0.4, -0.2) is 9.55 Å². The molecule has 2 aromatic rings. The third-order valence-corrected chi connectivity index (χ3v) is 3.16. The van der Waals surface area contributed by atoms with Gasteiger partial charge in [0, 0.05) is 16.3 Å². The highest BCUT2D eigenvalue weighted by atomic mass is 79.9. The van der Waals surface area contributed by atoms with Crippen molar-refractivity contribution in [2.75, 3.05) is 0 Å². The van der Waals surface area contributed by atoms with Gasteiger partial charge in [-0.1, -0.05) is 15.9 Å². The smallest absolute Gasteiger partial charge is 0.119 e. The van der Waals surface area contributed by atoms with Gasteiger partial charge in [-0.25, -0.2) is 4.98 Å². The molecule has 0 saturated carbocycles. The molecule has 0 aliphatic heterocycles. The maximum Gasteiger partial charge on any atom is 0.119 e. The van der Waals surface area contributed by atoms with Crippen molar-refractivity contribution in [3.63, 3.8) is 0 Å². The number of hydrogen-bond acceptors (Lipinski definition) is 2. The molecule has 0 atom stereocenters. The lowest BCUT2D eigenvalue weighted by atomic mass is 10.3. The SMILES string of the molecule is CC(C)n1c(CS)nc2cc(Br)ccc21. The molecule has 1 aromatic heterocycles. The van der Waals surface area contributed by atoms with Gasteiger partial charge in [-0.15, -0.1) is 0 Å². The van der Waals surface area contributed by atoms with E-state index in [-0.39, 0.29) is 0 Å². The number of hydrogen-bond donors (Lipinski definition) is 1. The van der Waals surface area contributed by atoms with Gasteiger partial charge in [-0.05, 0) is 32.0 Å². The lowest BCUT2D eigenvalue weighted by molar-refractivity contribution is 0.598. The molecule has 2 rings (SSSR count). The molecule has 0 radical (unpaired) electrons. The number of aromatic nitrogens is 2. The maximum absolute atomic E-state index is 4.57. The molecule has 0 fully saturated rings. The van der Waals surface area contributed by atoms with Crippen LogP contribution in [0.5, 0.6) is 0 Å². The molecule has 1 heterocycles. The highest BCUT2D eigenvalue weighted by molar-refractivity contribution is 9.10. The summed E-state index contributed by atoms with van der Waals surface area (Å²) < 4.78 is 3.29. The van der Waals surface area contributed by atoms with Gasteiger partial charge in [-0.3, -0.25) is 0 Å². The maximum atomic E-state index is 4.57. The highest BCUT2D eigenvalue weighted by Crippen LogP contribution is 2.24. The standard InChI is InChI=1S/C11H13BrN2S/c1-7(2)14-10-4-3-8(12)5-9(10)13-11(14)6-15/h3-5,7,15H,6H2,1-2H3. The van der Waals surface area contributed by atoms with Gasteiger partial charge >= 0.3 is 0 Å². The van der Waals surface area contributed by atoms with Gasteiger partial charge in [0.05, 0.1) is 11.0 Å². The Morgan fingerprint density at radius 1 is 1.47 bits per heavy atom. The van der Waals surface area contributed by atoms with Crippen LogP contribution < -0.4 is 0 Å². The van der Waals surface area contributed by atoms with E-state index in [9.17, 15) is 0 Å². The molecule has 0 aliphatic carbocycles. The molecular formula is C11H13BrN2S. The average molecular weight is 285 g/mol. The summed E-state index contributed by atoms with van der Waals surface area (Å²) in [6, 6.07) is 6.60. The fraction of sp³-hybridized carbons (Fsp3) is 0.364. The predicted molar refractivity (Wildman–Crippen MR) is 70.5 cm³/mol. The number of thiol groups is 1. The Balaban J connectivity index is 2.74. The Kier molecular flexibility index (Phi) is 3.07. The summed E-state index contributed by atoms with van der Waals surface area (Å²) in [4.78, 5) is 4.57. The Morgan fingerprint density at radius 3 is 2.80 bits per heavy atom. The van der Waals surface area contributed by atoms with Crippen molar-refractivity contribution in [1.82, 2.24) is 9.55 Å².